The van der Waals surface area contributed by atoms with Gasteiger partial charge in [0.25, 0.3) is 0 Å². The SMILES string of the molecule is Cc1nc(-c2ccc(F)cc2)cc(N2CCOCC2)n1. The standard InChI is InChI=1S/C15H16FN3O/c1-11-17-14(12-2-4-13(16)5-3-12)10-15(18-11)19-6-8-20-9-7-19/h2-5,10H,6-9H2,1H3. The molecule has 0 saturated carbocycles. The molecular formula is C15H16FN3O. The number of hydrogen-bond donors (Lipinski definition) is 0. The first-order valence-corrected chi connectivity index (χ1v) is 6.67. The van der Waals surface area contributed by atoms with Gasteiger partial charge in [-0.3, -0.25) is 0 Å². The molecule has 0 unspecified atom stereocenters. The summed E-state index contributed by atoms with van der Waals surface area (Å²) in [5.74, 6) is 1.38. The molecule has 0 bridgehead atoms. The molecule has 1 aromatic carbocycles. The molecule has 1 aliphatic heterocycles. The fraction of sp³-hybridized carbons (Fsp3) is 0.333. The summed E-state index contributed by atoms with van der Waals surface area (Å²) in [6, 6.07) is 8.31. The second-order valence-corrected chi connectivity index (χ2v) is 4.76. The zero-order valence-corrected chi connectivity index (χ0v) is 11.3. The van der Waals surface area contributed by atoms with Gasteiger partial charge in [0.15, 0.2) is 0 Å². The minimum absolute atomic E-state index is 0.243. The fourth-order valence-electron chi connectivity index (χ4n) is 2.27. The second-order valence-electron chi connectivity index (χ2n) is 4.76. The fourth-order valence-corrected chi connectivity index (χ4v) is 2.27. The maximum atomic E-state index is 13.0. The molecule has 2 aromatic rings. The van der Waals surface area contributed by atoms with Crippen molar-refractivity contribution in [3.05, 3.63) is 42.0 Å². The highest BCUT2D eigenvalue weighted by molar-refractivity contribution is 5.63. The van der Waals surface area contributed by atoms with Gasteiger partial charge >= 0.3 is 0 Å². The van der Waals surface area contributed by atoms with Crippen LogP contribution in [0.15, 0.2) is 30.3 Å². The summed E-state index contributed by atoms with van der Waals surface area (Å²) in [5.41, 5.74) is 1.71. The minimum atomic E-state index is -0.243. The number of halogens is 1. The number of aromatic nitrogens is 2. The second kappa shape index (κ2) is 5.54. The Morgan fingerprint density at radius 2 is 1.80 bits per heavy atom. The average Bonchev–Trinajstić information content (AvgIpc) is 2.48. The summed E-state index contributed by atoms with van der Waals surface area (Å²) in [4.78, 5) is 11.1. The molecule has 0 radical (unpaired) electrons. The Balaban J connectivity index is 1.95. The molecule has 4 nitrogen and oxygen atoms in total. The Morgan fingerprint density at radius 3 is 2.50 bits per heavy atom. The lowest BCUT2D eigenvalue weighted by Gasteiger charge is -2.28. The lowest BCUT2D eigenvalue weighted by atomic mass is 10.1. The molecule has 20 heavy (non-hydrogen) atoms. The number of hydrogen-bond acceptors (Lipinski definition) is 4. The maximum Gasteiger partial charge on any atom is 0.133 e. The van der Waals surface area contributed by atoms with Crippen molar-refractivity contribution in [1.82, 2.24) is 9.97 Å². The van der Waals surface area contributed by atoms with Gasteiger partial charge in [-0.2, -0.15) is 0 Å². The van der Waals surface area contributed by atoms with E-state index in [1.54, 1.807) is 12.1 Å². The molecule has 3 rings (SSSR count). The van der Waals surface area contributed by atoms with Gasteiger partial charge in [0.2, 0.25) is 0 Å². The average molecular weight is 273 g/mol. The Bertz CT molecular complexity index is 595. The van der Waals surface area contributed by atoms with Crippen molar-refractivity contribution >= 4 is 5.82 Å². The van der Waals surface area contributed by atoms with E-state index in [-0.39, 0.29) is 5.82 Å². The largest absolute Gasteiger partial charge is 0.378 e. The highest BCUT2D eigenvalue weighted by Crippen LogP contribution is 2.22. The Hall–Kier alpha value is -2.01. The number of aryl methyl sites for hydroxylation is 1. The van der Waals surface area contributed by atoms with Crippen LogP contribution in [0.4, 0.5) is 10.2 Å². The van der Waals surface area contributed by atoms with Crippen molar-refractivity contribution in [3.8, 4) is 11.3 Å². The predicted octanol–water partition coefficient (Wildman–Crippen LogP) is 2.43. The molecule has 1 fully saturated rings. The van der Waals surface area contributed by atoms with Crippen molar-refractivity contribution in [1.29, 1.82) is 0 Å². The zero-order valence-electron chi connectivity index (χ0n) is 11.3. The molecule has 0 N–H and O–H groups in total. The van der Waals surface area contributed by atoms with Gasteiger partial charge in [-0.25, -0.2) is 14.4 Å². The lowest BCUT2D eigenvalue weighted by molar-refractivity contribution is 0.122. The molecule has 0 atom stereocenters. The van der Waals surface area contributed by atoms with Crippen molar-refractivity contribution in [2.75, 3.05) is 31.2 Å². The van der Waals surface area contributed by atoms with Crippen LogP contribution in [-0.4, -0.2) is 36.3 Å². The van der Waals surface area contributed by atoms with E-state index in [0.29, 0.717) is 5.82 Å². The van der Waals surface area contributed by atoms with Crippen LogP contribution in [0.5, 0.6) is 0 Å². The molecule has 0 amide bonds. The first kappa shape index (κ1) is 13.0. The lowest BCUT2D eigenvalue weighted by Crippen LogP contribution is -2.36. The molecule has 104 valence electrons. The summed E-state index contributed by atoms with van der Waals surface area (Å²) in [6.07, 6.45) is 0. The van der Waals surface area contributed by atoms with E-state index < -0.39 is 0 Å². The van der Waals surface area contributed by atoms with Crippen LogP contribution in [0.3, 0.4) is 0 Å². The van der Waals surface area contributed by atoms with E-state index in [2.05, 4.69) is 14.9 Å². The topological polar surface area (TPSA) is 38.2 Å². The number of rotatable bonds is 2. The molecule has 5 heteroatoms. The molecular weight excluding hydrogens is 257 g/mol. The Kier molecular flexibility index (Phi) is 3.60. The van der Waals surface area contributed by atoms with E-state index in [0.717, 1.165) is 43.4 Å². The summed E-state index contributed by atoms with van der Waals surface area (Å²) < 4.78 is 18.3. The molecule has 0 spiro atoms. The monoisotopic (exact) mass is 273 g/mol. The highest BCUT2D eigenvalue weighted by atomic mass is 19.1. The smallest absolute Gasteiger partial charge is 0.133 e. The normalized spacial score (nSPS) is 15.4. The number of morpholine rings is 1. The van der Waals surface area contributed by atoms with Crippen LogP contribution in [0, 0.1) is 12.7 Å². The molecule has 0 aliphatic carbocycles. The Morgan fingerprint density at radius 1 is 1.10 bits per heavy atom. The van der Waals surface area contributed by atoms with Crippen LogP contribution in [0.2, 0.25) is 0 Å². The maximum absolute atomic E-state index is 13.0. The van der Waals surface area contributed by atoms with Gasteiger partial charge in [0, 0.05) is 24.7 Å². The molecule has 2 heterocycles. The van der Waals surface area contributed by atoms with Crippen molar-refractivity contribution in [2.45, 2.75) is 6.92 Å². The third-order valence-corrected chi connectivity index (χ3v) is 3.30. The quantitative estimate of drug-likeness (QED) is 0.842. The van der Waals surface area contributed by atoms with Crippen LogP contribution < -0.4 is 4.90 Å². The van der Waals surface area contributed by atoms with E-state index in [1.165, 1.54) is 12.1 Å². The van der Waals surface area contributed by atoms with Crippen LogP contribution >= 0.6 is 0 Å². The van der Waals surface area contributed by atoms with Gasteiger partial charge in [0.05, 0.1) is 18.9 Å². The van der Waals surface area contributed by atoms with Crippen LogP contribution in [0.25, 0.3) is 11.3 Å². The van der Waals surface area contributed by atoms with Gasteiger partial charge in [0.1, 0.15) is 17.5 Å². The van der Waals surface area contributed by atoms with Gasteiger partial charge < -0.3 is 9.64 Å². The van der Waals surface area contributed by atoms with Gasteiger partial charge in [-0.1, -0.05) is 0 Å². The molecule has 1 aliphatic rings. The number of nitrogens with zero attached hydrogens (tertiary/aromatic N) is 3. The summed E-state index contributed by atoms with van der Waals surface area (Å²) in [6.45, 7) is 4.97. The third kappa shape index (κ3) is 2.77. The summed E-state index contributed by atoms with van der Waals surface area (Å²) >= 11 is 0. The first-order valence-electron chi connectivity index (χ1n) is 6.67. The summed E-state index contributed by atoms with van der Waals surface area (Å²) in [5, 5.41) is 0. The molecule has 1 aromatic heterocycles. The summed E-state index contributed by atoms with van der Waals surface area (Å²) in [7, 11) is 0. The molecule has 1 saturated heterocycles. The number of ether oxygens (including phenoxy) is 1. The van der Waals surface area contributed by atoms with Gasteiger partial charge in [-0.05, 0) is 31.2 Å². The minimum Gasteiger partial charge on any atom is -0.378 e. The highest BCUT2D eigenvalue weighted by Gasteiger charge is 2.14. The zero-order chi connectivity index (χ0) is 13.9. The number of anilines is 1. The van der Waals surface area contributed by atoms with Gasteiger partial charge in [-0.15, -0.1) is 0 Å². The Labute approximate surface area is 117 Å². The van der Waals surface area contributed by atoms with Crippen molar-refractivity contribution in [2.24, 2.45) is 0 Å². The van der Waals surface area contributed by atoms with E-state index >= 15 is 0 Å². The van der Waals surface area contributed by atoms with E-state index in [9.17, 15) is 4.39 Å². The van der Waals surface area contributed by atoms with Crippen molar-refractivity contribution < 1.29 is 9.13 Å². The number of benzene rings is 1. The third-order valence-electron chi connectivity index (χ3n) is 3.30. The van der Waals surface area contributed by atoms with Crippen molar-refractivity contribution in [3.63, 3.8) is 0 Å². The van der Waals surface area contributed by atoms with E-state index in [4.69, 9.17) is 4.74 Å². The van der Waals surface area contributed by atoms with Crippen LogP contribution in [-0.2, 0) is 4.74 Å². The van der Waals surface area contributed by atoms with Crippen LogP contribution in [0.1, 0.15) is 5.82 Å². The predicted molar refractivity (Wildman–Crippen MR) is 75.2 cm³/mol. The van der Waals surface area contributed by atoms with E-state index in [1.807, 2.05) is 13.0 Å². The first-order chi connectivity index (χ1) is 9.72.